The molecule has 234 valence electrons. The largest absolute Gasteiger partial charge is 0.678 e. The van der Waals surface area contributed by atoms with Gasteiger partial charge in [0.1, 0.15) is 0 Å². The maximum absolute atomic E-state index is 4.93. The standard InChI is InChI=1S/2C4H12O4Si.C4H12O3Si.C4H12Si.4CH4.H2O/c2*1-5-9(6-2,7-3)8-4;1-5-8(4,6-2)7-3;1-5(2,3)4;;;;;/h2*1-4H3;1-4H3;1-4H3;4*1H4;1H2. The van der Waals surface area contributed by atoms with Crippen molar-refractivity contribution in [2.75, 3.05) is 78.2 Å². The molecule has 0 aromatic carbocycles. The third-order valence-electron chi connectivity index (χ3n) is 3.11. The Morgan fingerprint density at radius 3 is 0.417 bits per heavy atom. The summed E-state index contributed by atoms with van der Waals surface area (Å²) in [6.07, 6.45) is 0. The van der Waals surface area contributed by atoms with Crippen LogP contribution in [0, 0.1) is 0 Å². The first-order chi connectivity index (χ1) is 14.2. The molecular formula is C20H66O12Si4. The third kappa shape index (κ3) is 34.4. The monoisotopic (exact) mass is 610 g/mol. The Balaban J connectivity index is -0.0000000375. The highest BCUT2D eigenvalue weighted by Crippen LogP contribution is 2.05. The zero-order chi connectivity index (χ0) is 25.8. The summed E-state index contributed by atoms with van der Waals surface area (Å²) in [6, 6.07) is 0. The van der Waals surface area contributed by atoms with Gasteiger partial charge in [-0.2, -0.15) is 0 Å². The van der Waals surface area contributed by atoms with Crippen LogP contribution >= 0.6 is 0 Å². The van der Waals surface area contributed by atoms with Crippen molar-refractivity contribution in [2.24, 2.45) is 0 Å². The first kappa shape index (κ1) is 60.8. The van der Waals surface area contributed by atoms with Crippen LogP contribution in [0.3, 0.4) is 0 Å². The average Bonchev–Trinajstić information content (AvgIpc) is 2.77. The molecule has 0 aromatic heterocycles. The van der Waals surface area contributed by atoms with Crippen LogP contribution < -0.4 is 0 Å². The maximum atomic E-state index is 4.93. The van der Waals surface area contributed by atoms with E-state index in [2.05, 4.69) is 26.2 Å². The zero-order valence-corrected chi connectivity index (χ0v) is 27.0. The summed E-state index contributed by atoms with van der Waals surface area (Å²) >= 11 is 0. The van der Waals surface area contributed by atoms with Gasteiger partial charge in [0.05, 0.1) is 0 Å². The van der Waals surface area contributed by atoms with Crippen molar-refractivity contribution >= 4 is 35.0 Å². The Bertz CT molecular complexity index is 311. The fourth-order valence-corrected chi connectivity index (χ4v) is 3.75. The van der Waals surface area contributed by atoms with Crippen LogP contribution in [0.2, 0.25) is 32.7 Å². The first-order valence-electron chi connectivity index (χ1n) is 9.24. The van der Waals surface area contributed by atoms with Crippen LogP contribution in [0.25, 0.3) is 0 Å². The van der Waals surface area contributed by atoms with E-state index in [1.807, 2.05) is 6.55 Å². The van der Waals surface area contributed by atoms with Crippen LogP contribution in [-0.2, 0) is 48.7 Å². The Morgan fingerprint density at radius 1 is 0.306 bits per heavy atom. The lowest BCUT2D eigenvalue weighted by atomic mass is 11.8. The van der Waals surface area contributed by atoms with E-state index in [4.69, 9.17) is 48.7 Å². The number of hydrogen-bond acceptors (Lipinski definition) is 11. The topological polar surface area (TPSA) is 133 Å². The summed E-state index contributed by atoms with van der Waals surface area (Å²) in [4.78, 5) is 0. The van der Waals surface area contributed by atoms with E-state index in [1.165, 1.54) is 56.9 Å². The van der Waals surface area contributed by atoms with Crippen molar-refractivity contribution in [3.63, 3.8) is 0 Å². The van der Waals surface area contributed by atoms with Crippen molar-refractivity contribution < 1.29 is 54.2 Å². The lowest BCUT2D eigenvalue weighted by Crippen LogP contribution is -2.45. The van der Waals surface area contributed by atoms with Crippen molar-refractivity contribution in [3.8, 4) is 0 Å². The Labute approximate surface area is 229 Å². The molecule has 0 aromatic rings. The molecule has 0 saturated carbocycles. The fourth-order valence-electron chi connectivity index (χ4n) is 1.25. The van der Waals surface area contributed by atoms with E-state index < -0.39 is 35.0 Å². The van der Waals surface area contributed by atoms with Gasteiger partial charge in [-0.1, -0.05) is 55.9 Å². The lowest BCUT2D eigenvalue weighted by molar-refractivity contribution is 0.0219. The van der Waals surface area contributed by atoms with Gasteiger partial charge in [0, 0.05) is 92.8 Å². The first-order valence-corrected chi connectivity index (χ1v) is 18.7. The molecule has 0 atom stereocenters. The quantitative estimate of drug-likeness (QED) is 0.312. The summed E-state index contributed by atoms with van der Waals surface area (Å²) in [5, 5.41) is 0. The summed E-state index contributed by atoms with van der Waals surface area (Å²) in [5.41, 5.74) is 0. The minimum Gasteiger partial charge on any atom is -0.412 e. The van der Waals surface area contributed by atoms with Gasteiger partial charge < -0.3 is 54.2 Å². The second-order valence-electron chi connectivity index (χ2n) is 7.11. The predicted octanol–water partition coefficient (Wildman–Crippen LogP) is 4.18. The van der Waals surface area contributed by atoms with Crippen molar-refractivity contribution in [3.05, 3.63) is 0 Å². The summed E-state index contributed by atoms with van der Waals surface area (Å²) in [5.74, 6) is 0. The molecule has 0 rings (SSSR count). The molecule has 0 radical (unpaired) electrons. The molecule has 0 spiro atoms. The second-order valence-corrected chi connectivity index (χ2v) is 21.3. The smallest absolute Gasteiger partial charge is 0.412 e. The minimum absolute atomic E-state index is 0. The molecule has 0 fully saturated rings. The van der Waals surface area contributed by atoms with Gasteiger partial charge >= 0.3 is 26.9 Å². The molecule has 0 unspecified atom stereocenters. The summed E-state index contributed by atoms with van der Waals surface area (Å²) in [6.45, 7) is 11.1. The van der Waals surface area contributed by atoms with Crippen molar-refractivity contribution in [2.45, 2.75) is 62.4 Å². The number of hydrogen-bond donors (Lipinski definition) is 0. The second kappa shape index (κ2) is 33.4. The van der Waals surface area contributed by atoms with E-state index in [0.717, 1.165) is 0 Å². The molecule has 16 heteroatoms. The molecule has 0 heterocycles. The minimum atomic E-state index is -2.69. The molecule has 0 saturated heterocycles. The van der Waals surface area contributed by atoms with E-state index in [-0.39, 0.29) is 35.2 Å². The highest BCUT2D eigenvalue weighted by molar-refractivity contribution is 6.74. The molecule has 0 aliphatic rings. The molecule has 0 aliphatic carbocycles. The van der Waals surface area contributed by atoms with Gasteiger partial charge in [0.25, 0.3) is 0 Å². The fraction of sp³-hybridized carbons (Fsp3) is 1.00. The van der Waals surface area contributed by atoms with Gasteiger partial charge in [-0.25, -0.2) is 0 Å². The van der Waals surface area contributed by atoms with Crippen LogP contribution in [0.1, 0.15) is 29.7 Å². The molecule has 12 nitrogen and oxygen atoms in total. The molecule has 0 aliphatic heterocycles. The van der Waals surface area contributed by atoms with Crippen LogP contribution in [0.4, 0.5) is 0 Å². The van der Waals surface area contributed by atoms with Crippen molar-refractivity contribution in [1.29, 1.82) is 0 Å². The Kier molecular flexibility index (Phi) is 56.4. The van der Waals surface area contributed by atoms with Gasteiger partial charge in [-0.05, 0) is 0 Å². The lowest BCUT2D eigenvalue weighted by Gasteiger charge is -2.19. The molecule has 2 N–H and O–H groups in total. The number of rotatable bonds is 11. The van der Waals surface area contributed by atoms with E-state index in [9.17, 15) is 0 Å². The molecule has 0 amide bonds. The van der Waals surface area contributed by atoms with E-state index >= 15 is 0 Å². The summed E-state index contributed by atoms with van der Waals surface area (Å²) < 4.78 is 53.7. The Hall–Kier alpha value is 0.388. The Morgan fingerprint density at radius 2 is 0.417 bits per heavy atom. The summed E-state index contributed by atoms with van der Waals surface area (Å²) in [7, 11) is 8.49. The zero-order valence-electron chi connectivity index (χ0n) is 23.0. The highest BCUT2D eigenvalue weighted by Gasteiger charge is 2.41. The molecular weight excluding hydrogens is 545 g/mol. The van der Waals surface area contributed by atoms with E-state index in [1.54, 1.807) is 21.3 Å². The average molecular weight is 611 g/mol. The van der Waals surface area contributed by atoms with Crippen LogP contribution in [0.5, 0.6) is 0 Å². The van der Waals surface area contributed by atoms with Gasteiger partial charge in [-0.15, -0.1) is 0 Å². The SMILES string of the molecule is C.C.C.C.CO[Si](C)(OC)OC.CO[Si](OC)(OC)OC.CO[Si](OC)(OC)OC.C[Si](C)(C)C.O. The van der Waals surface area contributed by atoms with Crippen LogP contribution in [0.15, 0.2) is 0 Å². The molecule has 0 bridgehead atoms. The maximum Gasteiger partial charge on any atom is 0.678 e. The predicted molar refractivity (Wildman–Crippen MR) is 160 cm³/mol. The van der Waals surface area contributed by atoms with Crippen molar-refractivity contribution in [1.82, 2.24) is 0 Å². The normalized spacial score (nSPS) is 10.3. The highest BCUT2D eigenvalue weighted by atomic mass is 28.4. The third-order valence-corrected chi connectivity index (χ3v) is 9.34. The molecule has 36 heavy (non-hydrogen) atoms. The van der Waals surface area contributed by atoms with Gasteiger partial charge in [0.15, 0.2) is 0 Å². The van der Waals surface area contributed by atoms with Gasteiger partial charge in [0.2, 0.25) is 0 Å². The van der Waals surface area contributed by atoms with Crippen LogP contribution in [-0.4, -0.2) is 119 Å². The van der Waals surface area contributed by atoms with Gasteiger partial charge in [-0.3, -0.25) is 0 Å². The van der Waals surface area contributed by atoms with E-state index in [0.29, 0.717) is 0 Å².